The molecule has 18 nitrogen and oxygen atoms in total. The molecule has 18 heteroatoms. The van der Waals surface area contributed by atoms with Crippen LogP contribution in [-0.2, 0) is 28.5 Å². The van der Waals surface area contributed by atoms with Gasteiger partial charge in [-0.3, -0.25) is 9.59 Å². The molecule has 3 heterocycles. The van der Waals surface area contributed by atoms with Crippen LogP contribution in [0.4, 0.5) is 0 Å². The van der Waals surface area contributed by atoms with E-state index in [1.807, 2.05) is 49.5 Å². The normalized spacial score (nSPS) is 45.2. The van der Waals surface area contributed by atoms with Crippen molar-refractivity contribution >= 4 is 11.9 Å². The number of rotatable bonds is 3. The standard InChI is InChI=1S/C47H75NO17/c1-27-18-16-14-12-10-8-6-5-7-9-11-13-15-17-19-37(64-46-43(58)40(48)42(57)30(4)63-46)44-39(45(59)60)36(54)26-47(61,65-44)25-35(53)34(52)21-20-31(49)22-32(50)23-33(51)24-38(55)62-29(3)28(2)41(27)56/h5-7,9,11-18,27-37,39-44,46,49-54,56-58,61H,8,10,19-26,48H2,1-4H3,(H,59,60)/b6-5+,9-7-,13-11+,14-12+,17-15+,18-16+/t27-,28+,29-,30-,31+,32+,33+,34-,35+,36-,37+,39-,40+,41-,42+,43+,44-,46+,47+/m1/s1. The van der Waals surface area contributed by atoms with E-state index in [1.165, 1.54) is 6.92 Å². The second-order valence-electron chi connectivity index (χ2n) is 17.8. The maximum atomic E-state index is 12.6. The van der Waals surface area contributed by atoms with Crippen molar-refractivity contribution in [3.63, 3.8) is 0 Å². The van der Waals surface area contributed by atoms with Crippen molar-refractivity contribution in [3.05, 3.63) is 72.9 Å². The van der Waals surface area contributed by atoms with Gasteiger partial charge in [-0.25, -0.2) is 0 Å². The van der Waals surface area contributed by atoms with Crippen molar-refractivity contribution in [1.29, 1.82) is 0 Å². The fourth-order valence-corrected chi connectivity index (χ4v) is 8.11. The first-order valence-corrected chi connectivity index (χ1v) is 22.6. The number of aliphatic hydroxyl groups excluding tert-OH is 9. The van der Waals surface area contributed by atoms with Gasteiger partial charge in [-0.2, -0.15) is 0 Å². The molecule has 0 aromatic heterocycles. The lowest BCUT2D eigenvalue weighted by Crippen LogP contribution is -2.63. The number of carboxylic acids is 1. The van der Waals surface area contributed by atoms with E-state index >= 15 is 0 Å². The number of hydrogen-bond acceptors (Lipinski definition) is 17. The van der Waals surface area contributed by atoms with E-state index in [4.69, 9.17) is 24.7 Å². The number of cyclic esters (lactones) is 1. The van der Waals surface area contributed by atoms with Crippen LogP contribution in [0, 0.1) is 17.8 Å². The monoisotopic (exact) mass is 926 g/mol. The fraction of sp³-hybridized carbons (Fsp3) is 0.702. The molecule has 0 aliphatic carbocycles. The summed E-state index contributed by atoms with van der Waals surface area (Å²) >= 11 is 0. The van der Waals surface area contributed by atoms with Crippen LogP contribution in [0.5, 0.6) is 0 Å². The van der Waals surface area contributed by atoms with Crippen LogP contribution in [0.1, 0.15) is 91.9 Å². The molecule has 0 saturated carbocycles. The number of hydrogen-bond donors (Lipinski definition) is 12. The average Bonchev–Trinajstić information content (AvgIpc) is 3.22. The third kappa shape index (κ3) is 18.4. The number of nitrogens with two attached hydrogens (primary N) is 1. The van der Waals surface area contributed by atoms with Gasteiger partial charge in [0.05, 0.1) is 73.5 Å². The van der Waals surface area contributed by atoms with Gasteiger partial charge < -0.3 is 80.9 Å². The smallest absolute Gasteiger partial charge is 0.311 e. The number of esters is 1. The van der Waals surface area contributed by atoms with Crippen LogP contribution < -0.4 is 5.73 Å². The van der Waals surface area contributed by atoms with Crippen molar-refractivity contribution in [3.8, 4) is 0 Å². The van der Waals surface area contributed by atoms with Crippen LogP contribution in [0.2, 0.25) is 0 Å². The molecular weight excluding hydrogens is 851 g/mol. The Kier molecular flexibility index (Phi) is 23.8. The van der Waals surface area contributed by atoms with Crippen LogP contribution >= 0.6 is 0 Å². The van der Waals surface area contributed by atoms with Gasteiger partial charge in [-0.15, -0.1) is 0 Å². The average molecular weight is 926 g/mol. The number of aliphatic carboxylic acids is 1. The molecule has 0 amide bonds. The predicted octanol–water partition coefficient (Wildman–Crippen LogP) is 0.936. The van der Waals surface area contributed by atoms with E-state index in [-0.39, 0.29) is 38.0 Å². The van der Waals surface area contributed by atoms with Gasteiger partial charge in [0.15, 0.2) is 12.1 Å². The highest BCUT2D eigenvalue weighted by Crippen LogP contribution is 2.39. The molecule has 3 aliphatic rings. The Morgan fingerprint density at radius 1 is 0.708 bits per heavy atom. The molecular formula is C47H75NO17. The van der Waals surface area contributed by atoms with Crippen LogP contribution in [0.15, 0.2) is 72.9 Å². The third-order valence-electron chi connectivity index (χ3n) is 12.3. The number of carboxylic acid groups (broad SMARTS) is 1. The minimum absolute atomic E-state index is 0.111. The first-order chi connectivity index (χ1) is 30.6. The minimum atomic E-state index is -2.42. The van der Waals surface area contributed by atoms with Crippen molar-refractivity contribution in [2.24, 2.45) is 23.5 Å². The summed E-state index contributed by atoms with van der Waals surface area (Å²) in [4.78, 5) is 25.2. The molecule has 0 aromatic rings. The summed E-state index contributed by atoms with van der Waals surface area (Å²) < 4.78 is 23.3. The van der Waals surface area contributed by atoms with E-state index in [0.717, 1.165) is 12.8 Å². The van der Waals surface area contributed by atoms with Crippen LogP contribution in [-0.4, -0.2) is 166 Å². The number of fused-ring (bicyclic) bond motifs is 2. The molecule has 13 N–H and O–H groups in total. The third-order valence-corrected chi connectivity index (χ3v) is 12.3. The van der Waals surface area contributed by atoms with Gasteiger partial charge in [0, 0.05) is 24.7 Å². The largest absolute Gasteiger partial charge is 0.481 e. The summed E-state index contributed by atoms with van der Waals surface area (Å²) in [6.07, 6.45) is 1.78. The molecule has 0 spiro atoms. The Balaban J connectivity index is 1.85. The van der Waals surface area contributed by atoms with E-state index in [0.29, 0.717) is 0 Å². The summed E-state index contributed by atoms with van der Waals surface area (Å²) in [5.41, 5.74) is 6.03. The van der Waals surface area contributed by atoms with Gasteiger partial charge in [0.25, 0.3) is 0 Å². The minimum Gasteiger partial charge on any atom is -0.481 e. The zero-order chi connectivity index (χ0) is 48.4. The van der Waals surface area contributed by atoms with Gasteiger partial charge in [0.1, 0.15) is 24.2 Å². The first-order valence-electron chi connectivity index (χ1n) is 22.6. The van der Waals surface area contributed by atoms with Crippen molar-refractivity contribution in [2.75, 3.05) is 0 Å². The second kappa shape index (κ2) is 27.6. The van der Waals surface area contributed by atoms with Crippen LogP contribution in [0.25, 0.3) is 0 Å². The number of ether oxygens (including phenoxy) is 4. The van der Waals surface area contributed by atoms with Gasteiger partial charge in [0.2, 0.25) is 0 Å². The lowest BCUT2D eigenvalue weighted by Gasteiger charge is -2.47. The van der Waals surface area contributed by atoms with Crippen LogP contribution in [0.3, 0.4) is 0 Å². The summed E-state index contributed by atoms with van der Waals surface area (Å²) in [6, 6.07) is -1.20. The molecule has 0 radical (unpaired) electrons. The summed E-state index contributed by atoms with van der Waals surface area (Å²) in [7, 11) is 0. The molecule has 19 atom stereocenters. The quantitative estimate of drug-likeness (QED) is 0.175. The van der Waals surface area contributed by atoms with Gasteiger partial charge in [-0.1, -0.05) is 86.8 Å². The van der Waals surface area contributed by atoms with E-state index in [1.54, 1.807) is 44.2 Å². The Labute approximate surface area is 381 Å². The predicted molar refractivity (Wildman–Crippen MR) is 237 cm³/mol. The molecule has 65 heavy (non-hydrogen) atoms. The summed E-state index contributed by atoms with van der Waals surface area (Å²) in [5, 5.41) is 119. The zero-order valence-electron chi connectivity index (χ0n) is 37.8. The Morgan fingerprint density at radius 2 is 1.29 bits per heavy atom. The Morgan fingerprint density at radius 3 is 1.94 bits per heavy atom. The molecule has 0 unspecified atom stereocenters. The molecule has 2 fully saturated rings. The fourth-order valence-electron chi connectivity index (χ4n) is 8.11. The summed E-state index contributed by atoms with van der Waals surface area (Å²) in [6.45, 7) is 6.75. The Bertz CT molecular complexity index is 1620. The molecule has 370 valence electrons. The number of carbonyl (C=O) groups excluding carboxylic acids is 1. The zero-order valence-corrected chi connectivity index (χ0v) is 37.8. The van der Waals surface area contributed by atoms with Crippen molar-refractivity contribution < 1.29 is 84.7 Å². The molecule has 0 aromatic carbocycles. The highest BCUT2D eigenvalue weighted by Gasteiger charge is 2.54. The van der Waals surface area contributed by atoms with Crippen molar-refractivity contribution in [2.45, 2.75) is 189 Å². The second-order valence-corrected chi connectivity index (χ2v) is 17.8. The number of aliphatic hydroxyl groups is 10. The molecule has 3 aliphatic heterocycles. The number of carbonyl (C=O) groups is 2. The first kappa shape index (κ1) is 56.1. The van der Waals surface area contributed by atoms with Crippen molar-refractivity contribution in [1.82, 2.24) is 0 Å². The maximum Gasteiger partial charge on any atom is 0.311 e. The molecule has 3 rings (SSSR count). The topological polar surface area (TPSA) is 320 Å². The summed E-state index contributed by atoms with van der Waals surface area (Å²) in [5.74, 6) is -7.03. The lowest BCUT2D eigenvalue weighted by atomic mass is 9.82. The van der Waals surface area contributed by atoms with E-state index < -0.39 is 141 Å². The highest BCUT2D eigenvalue weighted by atomic mass is 16.7. The lowest BCUT2D eigenvalue weighted by molar-refractivity contribution is -0.339. The molecule has 2 saturated heterocycles. The SMILES string of the molecule is C[C@@H]1[C@H](O)[C@H](C)/C=C/C=C/CC/C=C/C=C\C=C\C=C\C[C@H](O[C@@H]2O[C@H](C)[C@H](O)[C@H](N)[C@@H]2O)[C@H]2O[C@](O)(C[C@@H](O)[C@H]2C(=O)O)C[C@H](O)[C@H](O)CC[C@H](O)C[C@H](O)C[C@H](O)CC(=O)O[C@@H]1C. The van der Waals surface area contributed by atoms with Gasteiger partial charge in [-0.05, 0) is 58.8 Å². The highest BCUT2D eigenvalue weighted by molar-refractivity contribution is 5.72. The maximum absolute atomic E-state index is 12.6. The molecule has 2 bridgehead atoms. The number of allylic oxidation sites excluding steroid dienone is 10. The van der Waals surface area contributed by atoms with E-state index in [9.17, 15) is 65.8 Å². The van der Waals surface area contributed by atoms with E-state index in [2.05, 4.69) is 0 Å². The van der Waals surface area contributed by atoms with Gasteiger partial charge >= 0.3 is 11.9 Å². The Hall–Kier alpha value is -3.18.